The molecule has 2 saturated carbocycles. The van der Waals surface area contributed by atoms with E-state index in [4.69, 9.17) is 24.7 Å². The number of ether oxygens (including phenoxy) is 4. The molecule has 3 heterocycles. The number of esters is 2. The van der Waals surface area contributed by atoms with Crippen molar-refractivity contribution >= 4 is 11.9 Å². The molecule has 0 aromatic rings. The zero-order valence-electron chi connectivity index (χ0n) is 21.6. The third kappa shape index (κ3) is 2.72. The highest BCUT2D eigenvalue weighted by Gasteiger charge is 2.94. The smallest absolute Gasteiger partial charge is 0.334 e. The first-order chi connectivity index (χ1) is 16.4. The van der Waals surface area contributed by atoms with Crippen LogP contribution in [0.4, 0.5) is 0 Å². The van der Waals surface area contributed by atoms with Gasteiger partial charge >= 0.3 is 11.9 Å². The predicted molar refractivity (Wildman–Crippen MR) is 125 cm³/mol. The molecule has 35 heavy (non-hydrogen) atoms. The van der Waals surface area contributed by atoms with E-state index in [2.05, 4.69) is 6.92 Å². The van der Waals surface area contributed by atoms with Crippen molar-refractivity contribution in [3.63, 3.8) is 0 Å². The van der Waals surface area contributed by atoms with Crippen LogP contribution in [-0.2, 0) is 28.5 Å². The molecule has 2 saturated heterocycles. The molecule has 1 unspecified atom stereocenters. The summed E-state index contributed by atoms with van der Waals surface area (Å²) in [7, 11) is 0. The van der Waals surface area contributed by atoms with Crippen molar-refractivity contribution in [2.24, 2.45) is 41.2 Å². The van der Waals surface area contributed by atoms with Crippen LogP contribution in [0.5, 0.6) is 0 Å². The minimum Gasteiger partial charge on any atom is -0.458 e. The van der Waals surface area contributed by atoms with Crippen molar-refractivity contribution in [2.75, 3.05) is 6.61 Å². The van der Waals surface area contributed by atoms with Crippen LogP contribution in [0.2, 0.25) is 0 Å². The van der Waals surface area contributed by atoms with Gasteiger partial charge in [-0.1, -0.05) is 41.5 Å². The molecule has 11 atom stereocenters. The highest BCUT2D eigenvalue weighted by molar-refractivity contribution is 5.92. The Bertz CT molecular complexity index is 1010. The predicted octanol–water partition coefficient (Wildman–Crippen LogP) is 2.11. The van der Waals surface area contributed by atoms with E-state index in [1.807, 2.05) is 34.6 Å². The van der Waals surface area contributed by atoms with E-state index in [1.165, 1.54) is 0 Å². The number of aliphatic hydroxyl groups is 1. The van der Waals surface area contributed by atoms with Crippen molar-refractivity contribution in [3.8, 4) is 0 Å². The molecule has 8 nitrogen and oxygen atoms in total. The molecule has 2 spiro atoms. The van der Waals surface area contributed by atoms with Crippen LogP contribution in [0.1, 0.15) is 60.8 Å². The number of cyclic esters (lactones) is 1. The quantitative estimate of drug-likeness (QED) is 0.455. The molecular weight excluding hydrogens is 450 g/mol. The molecule has 0 bridgehead atoms. The van der Waals surface area contributed by atoms with E-state index in [0.717, 1.165) is 24.0 Å². The van der Waals surface area contributed by atoms with Gasteiger partial charge in [0.2, 0.25) is 0 Å². The summed E-state index contributed by atoms with van der Waals surface area (Å²) in [5, 5.41) is 12.2. The molecule has 0 aromatic heterocycles. The van der Waals surface area contributed by atoms with Crippen LogP contribution in [0.25, 0.3) is 0 Å². The Labute approximate surface area is 206 Å². The summed E-state index contributed by atoms with van der Waals surface area (Å²) in [6.45, 7) is 12.3. The summed E-state index contributed by atoms with van der Waals surface area (Å²) in [4.78, 5) is 25.7. The molecule has 3 aliphatic heterocycles. The minimum atomic E-state index is -1.32. The number of fused-ring (bicyclic) bond motifs is 2. The maximum absolute atomic E-state index is 13.2. The Balaban J connectivity index is 1.46. The zero-order valence-corrected chi connectivity index (χ0v) is 21.6. The Morgan fingerprint density at radius 1 is 1.17 bits per heavy atom. The van der Waals surface area contributed by atoms with Crippen LogP contribution in [0.3, 0.4) is 0 Å². The Morgan fingerprint density at radius 3 is 2.54 bits per heavy atom. The van der Waals surface area contributed by atoms with Crippen LogP contribution in [0.15, 0.2) is 11.1 Å². The van der Waals surface area contributed by atoms with Gasteiger partial charge in [-0.3, -0.25) is 4.79 Å². The van der Waals surface area contributed by atoms with Gasteiger partial charge in [-0.15, -0.1) is 0 Å². The van der Waals surface area contributed by atoms with E-state index in [-0.39, 0.29) is 53.7 Å². The number of carbonyl (C=O) groups is 2. The highest BCUT2D eigenvalue weighted by atomic mass is 16.7. The molecular formula is C27H39NO7. The molecule has 0 aromatic carbocycles. The Hall–Kier alpha value is -1.48. The second-order valence-electron chi connectivity index (χ2n) is 12.6. The van der Waals surface area contributed by atoms with Gasteiger partial charge in [-0.05, 0) is 48.5 Å². The average molecular weight is 490 g/mol. The summed E-state index contributed by atoms with van der Waals surface area (Å²) in [5.74, 6) is -0.763. The van der Waals surface area contributed by atoms with Crippen LogP contribution >= 0.6 is 0 Å². The van der Waals surface area contributed by atoms with Crippen LogP contribution < -0.4 is 5.73 Å². The van der Waals surface area contributed by atoms with E-state index in [0.29, 0.717) is 13.0 Å². The lowest BCUT2D eigenvalue weighted by atomic mass is 9.50. The van der Waals surface area contributed by atoms with E-state index in [1.54, 1.807) is 0 Å². The first-order valence-corrected chi connectivity index (χ1v) is 13.4. The number of carbonyl (C=O) groups excluding carboxylic acids is 2. The number of hydrogen-bond acceptors (Lipinski definition) is 8. The SMILES string of the molecule is CC(C)[C@@H](N)C(=O)O[C@@H]1[C@](O)(C(C)C)C(C)[C@@H]2O[C@@]23[C@@H]2[C@H](C)CCC4=C(COC4=O)[C@@H]2C[C@@H]2O[C@]213. The van der Waals surface area contributed by atoms with Gasteiger partial charge in [-0.25, -0.2) is 4.79 Å². The van der Waals surface area contributed by atoms with Gasteiger partial charge in [0.1, 0.15) is 23.9 Å². The molecule has 3 N–H and O–H groups in total. The normalized spacial score (nSPS) is 50.3. The molecule has 4 fully saturated rings. The third-order valence-electron chi connectivity index (χ3n) is 10.5. The third-order valence-corrected chi connectivity index (χ3v) is 10.5. The zero-order chi connectivity index (χ0) is 25.2. The van der Waals surface area contributed by atoms with E-state index in [9.17, 15) is 14.7 Å². The topological polar surface area (TPSA) is 124 Å². The summed E-state index contributed by atoms with van der Waals surface area (Å²) in [5.41, 5.74) is 5.23. The number of epoxide rings is 2. The molecule has 6 rings (SSSR count). The fourth-order valence-electron chi connectivity index (χ4n) is 8.45. The van der Waals surface area contributed by atoms with Gasteiger partial charge in [-0.2, -0.15) is 0 Å². The standard InChI is InChI=1S/C27H39NO7/c1-11(2)20(28)23(30)33-24-25(31,12(3)4)14(6)21-27(35-21)19-13(5)7-8-15-17(10-32-22(15)29)16(19)9-18-26(24,27)34-18/h11-14,16,18-21,24,31H,7-10,28H2,1-6H3/t13-,14?,16+,18+,19-,20-,21+,24-,25+,26-,27+/m1/s1. The maximum atomic E-state index is 13.2. The lowest BCUT2D eigenvalue weighted by molar-refractivity contribution is -0.217. The summed E-state index contributed by atoms with van der Waals surface area (Å²) < 4.78 is 24.9. The second-order valence-corrected chi connectivity index (χ2v) is 12.6. The number of nitrogens with two attached hydrogens (primary N) is 1. The summed E-state index contributed by atoms with van der Waals surface area (Å²) in [6.07, 6.45) is 0.971. The van der Waals surface area contributed by atoms with Crippen molar-refractivity contribution in [1.82, 2.24) is 0 Å². The first kappa shape index (κ1) is 23.9. The number of rotatable bonds is 4. The van der Waals surface area contributed by atoms with Crippen LogP contribution in [0, 0.1) is 35.5 Å². The van der Waals surface area contributed by atoms with Crippen LogP contribution in [-0.4, -0.2) is 64.8 Å². The summed E-state index contributed by atoms with van der Waals surface area (Å²) >= 11 is 0. The first-order valence-electron chi connectivity index (χ1n) is 13.4. The molecule has 0 radical (unpaired) electrons. The fraction of sp³-hybridized carbons (Fsp3) is 0.852. The molecule has 6 aliphatic rings. The molecule has 194 valence electrons. The van der Waals surface area contributed by atoms with Gasteiger partial charge in [0.05, 0.1) is 12.2 Å². The Kier molecular flexibility index (Phi) is 4.98. The van der Waals surface area contributed by atoms with Gasteiger partial charge in [0, 0.05) is 17.4 Å². The lowest BCUT2D eigenvalue weighted by Crippen LogP contribution is -2.73. The van der Waals surface area contributed by atoms with E-state index >= 15 is 0 Å². The monoisotopic (exact) mass is 489 g/mol. The molecule has 0 amide bonds. The maximum Gasteiger partial charge on any atom is 0.334 e. The number of hydrogen-bond donors (Lipinski definition) is 2. The highest BCUT2D eigenvalue weighted by Crippen LogP contribution is 2.77. The van der Waals surface area contributed by atoms with Gasteiger partial charge in [0.25, 0.3) is 0 Å². The van der Waals surface area contributed by atoms with Crippen molar-refractivity contribution in [3.05, 3.63) is 11.1 Å². The van der Waals surface area contributed by atoms with Crippen molar-refractivity contribution in [2.45, 2.75) is 102 Å². The van der Waals surface area contributed by atoms with E-state index < -0.39 is 34.9 Å². The summed E-state index contributed by atoms with van der Waals surface area (Å²) in [6, 6.07) is -0.786. The Morgan fingerprint density at radius 2 is 1.89 bits per heavy atom. The van der Waals surface area contributed by atoms with Crippen molar-refractivity contribution < 1.29 is 33.6 Å². The lowest BCUT2D eigenvalue weighted by Gasteiger charge is -2.54. The average Bonchev–Trinajstić information content (AvgIpc) is 3.69. The van der Waals surface area contributed by atoms with Gasteiger partial charge < -0.3 is 29.8 Å². The second kappa shape index (κ2) is 7.30. The van der Waals surface area contributed by atoms with Crippen molar-refractivity contribution in [1.29, 1.82) is 0 Å². The fourth-order valence-corrected chi connectivity index (χ4v) is 8.45. The molecule has 8 heteroatoms. The largest absolute Gasteiger partial charge is 0.458 e. The molecule has 3 aliphatic carbocycles. The van der Waals surface area contributed by atoms with Gasteiger partial charge in [0.15, 0.2) is 11.7 Å². The minimum absolute atomic E-state index is 0.0902.